The van der Waals surface area contributed by atoms with E-state index in [1.165, 1.54) is 30.3 Å². The first-order valence-corrected chi connectivity index (χ1v) is 8.29. The van der Waals surface area contributed by atoms with Crippen molar-refractivity contribution in [1.29, 1.82) is 0 Å². The lowest BCUT2D eigenvalue weighted by Gasteiger charge is -2.12. The van der Waals surface area contributed by atoms with E-state index in [0.29, 0.717) is 11.3 Å². The van der Waals surface area contributed by atoms with Crippen molar-refractivity contribution in [2.45, 2.75) is 26.4 Å². The van der Waals surface area contributed by atoms with Gasteiger partial charge in [-0.1, -0.05) is 6.07 Å². The minimum absolute atomic E-state index is 0. The molecule has 0 aliphatic heterocycles. The Kier molecular flexibility index (Phi) is 9.89. The molecule has 0 spiro atoms. The molecule has 0 fully saturated rings. The number of anilines is 1. The van der Waals surface area contributed by atoms with Crippen LogP contribution >= 0.6 is 24.0 Å². The molecule has 0 amide bonds. The van der Waals surface area contributed by atoms with E-state index in [1.54, 1.807) is 6.92 Å². The summed E-state index contributed by atoms with van der Waals surface area (Å²) in [5, 5.41) is 2.72. The Morgan fingerprint density at radius 3 is 2.33 bits per heavy atom. The fourth-order valence-electron chi connectivity index (χ4n) is 2.22. The molecule has 2 rings (SSSR count). The molecule has 0 saturated heterocycles. The van der Waals surface area contributed by atoms with Crippen LogP contribution in [0.4, 0.5) is 27.6 Å². The molecule has 0 aromatic heterocycles. The highest BCUT2D eigenvalue weighted by atomic mass is 127. The van der Waals surface area contributed by atoms with E-state index in [2.05, 4.69) is 19.8 Å². The molecule has 0 atom stereocenters. The van der Waals surface area contributed by atoms with Crippen LogP contribution < -0.4 is 25.3 Å². The van der Waals surface area contributed by atoms with Crippen molar-refractivity contribution < 1.29 is 36.2 Å². The number of nitrogens with two attached hydrogens (primary N) is 1. The molecule has 0 heterocycles. The van der Waals surface area contributed by atoms with Crippen molar-refractivity contribution in [3.8, 4) is 17.2 Å². The molecule has 0 radical (unpaired) electrons. The second kappa shape index (κ2) is 11.6. The number of hydrogen-bond donors (Lipinski definition) is 2. The van der Waals surface area contributed by atoms with Gasteiger partial charge in [-0.15, -0.1) is 37.1 Å². The van der Waals surface area contributed by atoms with Gasteiger partial charge in [0.15, 0.2) is 17.5 Å². The van der Waals surface area contributed by atoms with E-state index < -0.39 is 13.0 Å². The van der Waals surface area contributed by atoms with Crippen molar-refractivity contribution in [3.05, 3.63) is 48.0 Å². The van der Waals surface area contributed by atoms with Gasteiger partial charge in [-0.25, -0.2) is 4.99 Å². The molecule has 30 heavy (non-hydrogen) atoms. The largest absolute Gasteiger partial charge is 0.573 e. The van der Waals surface area contributed by atoms with Crippen LogP contribution in [0.3, 0.4) is 0 Å². The zero-order valence-corrected chi connectivity index (χ0v) is 17.9. The van der Waals surface area contributed by atoms with E-state index in [4.69, 9.17) is 10.5 Å². The van der Waals surface area contributed by atoms with E-state index in [-0.39, 0.29) is 60.3 Å². The third-order valence-electron chi connectivity index (χ3n) is 3.32. The average Bonchev–Trinajstić information content (AvgIpc) is 2.62. The molecule has 0 unspecified atom stereocenters. The van der Waals surface area contributed by atoms with Crippen molar-refractivity contribution in [1.82, 2.24) is 0 Å². The van der Waals surface area contributed by atoms with Crippen LogP contribution in [0.2, 0.25) is 0 Å². The van der Waals surface area contributed by atoms with Crippen molar-refractivity contribution in [2.75, 3.05) is 11.9 Å². The van der Waals surface area contributed by atoms with Crippen LogP contribution in [0, 0.1) is 0 Å². The summed E-state index contributed by atoms with van der Waals surface area (Å²) >= 11 is 0. The highest BCUT2D eigenvalue weighted by molar-refractivity contribution is 14.0. The van der Waals surface area contributed by atoms with Gasteiger partial charge in [-0.05, 0) is 48.9 Å². The van der Waals surface area contributed by atoms with Crippen molar-refractivity contribution >= 4 is 35.6 Å². The van der Waals surface area contributed by atoms with Gasteiger partial charge in [-0.3, -0.25) is 0 Å². The number of alkyl halides is 5. The van der Waals surface area contributed by atoms with Crippen LogP contribution in [0.25, 0.3) is 0 Å². The number of guanidine groups is 1. The van der Waals surface area contributed by atoms with Gasteiger partial charge in [0.25, 0.3) is 0 Å². The van der Waals surface area contributed by atoms with E-state index in [0.717, 1.165) is 12.1 Å². The number of nitrogens with zero attached hydrogens (tertiary/aromatic N) is 1. The molecule has 0 saturated carbocycles. The molecule has 166 valence electrons. The fraction of sp³-hybridized carbons (Fsp3) is 0.278. The summed E-state index contributed by atoms with van der Waals surface area (Å²) < 4.78 is 74.7. The number of aliphatic imine (C=N–C) groups is 1. The lowest BCUT2D eigenvalue weighted by atomic mass is 10.2. The number of halogens is 6. The topological polar surface area (TPSA) is 78.1 Å². The normalized spacial score (nSPS) is 11.6. The summed E-state index contributed by atoms with van der Waals surface area (Å²) in [4.78, 5) is 4.09. The Hall–Kier alpha value is -2.51. The first kappa shape index (κ1) is 25.5. The Morgan fingerprint density at radius 2 is 1.77 bits per heavy atom. The summed E-state index contributed by atoms with van der Waals surface area (Å²) in [5.74, 6) is -0.317. The highest BCUT2D eigenvalue weighted by Crippen LogP contribution is 2.30. The fourth-order valence-corrected chi connectivity index (χ4v) is 2.22. The number of benzene rings is 2. The summed E-state index contributed by atoms with van der Waals surface area (Å²) in [7, 11) is 0. The molecule has 3 N–H and O–H groups in total. The molecule has 12 heteroatoms. The lowest BCUT2D eigenvalue weighted by Crippen LogP contribution is -2.22. The van der Waals surface area contributed by atoms with Gasteiger partial charge in [-0.2, -0.15) is 8.78 Å². The maximum Gasteiger partial charge on any atom is 0.573 e. The van der Waals surface area contributed by atoms with Crippen LogP contribution in [-0.2, 0) is 6.54 Å². The molecule has 0 bridgehead atoms. The predicted octanol–water partition coefficient (Wildman–Crippen LogP) is 5.13. The van der Waals surface area contributed by atoms with Gasteiger partial charge >= 0.3 is 13.0 Å². The average molecular weight is 547 g/mol. The summed E-state index contributed by atoms with van der Waals surface area (Å²) in [5.41, 5.74) is 6.78. The van der Waals surface area contributed by atoms with Crippen LogP contribution in [0.1, 0.15) is 12.5 Å². The third kappa shape index (κ3) is 8.88. The molecular weight excluding hydrogens is 528 g/mol. The number of hydrogen-bond acceptors (Lipinski definition) is 4. The minimum atomic E-state index is -4.77. The maximum absolute atomic E-state index is 12.4. The monoisotopic (exact) mass is 547 g/mol. The maximum atomic E-state index is 12.4. The molecule has 0 aliphatic carbocycles. The quantitative estimate of drug-likeness (QED) is 0.208. The SMILES string of the molecule is CCOc1cc(CN=C(N)Nc2ccc(OC(F)(F)F)cc2)ccc1OC(F)F.I. The van der Waals surface area contributed by atoms with Crippen LogP contribution in [0.5, 0.6) is 17.2 Å². The zero-order valence-electron chi connectivity index (χ0n) is 15.6. The Bertz CT molecular complexity index is 833. The third-order valence-corrected chi connectivity index (χ3v) is 3.32. The van der Waals surface area contributed by atoms with Gasteiger partial charge < -0.3 is 25.3 Å². The second-order valence-electron chi connectivity index (χ2n) is 5.49. The minimum Gasteiger partial charge on any atom is -0.490 e. The smallest absolute Gasteiger partial charge is 0.490 e. The predicted molar refractivity (Wildman–Crippen MR) is 112 cm³/mol. The molecule has 6 nitrogen and oxygen atoms in total. The molecular formula is C18H19F5IN3O3. The summed E-state index contributed by atoms with van der Waals surface area (Å²) in [6, 6.07) is 9.30. The first-order chi connectivity index (χ1) is 13.7. The van der Waals surface area contributed by atoms with Gasteiger partial charge in [0.1, 0.15) is 5.75 Å². The second-order valence-corrected chi connectivity index (χ2v) is 5.49. The Labute approximate surface area is 186 Å². The summed E-state index contributed by atoms with van der Waals surface area (Å²) in [6.45, 7) is -0.928. The van der Waals surface area contributed by atoms with Gasteiger partial charge in [0, 0.05) is 5.69 Å². The first-order valence-electron chi connectivity index (χ1n) is 8.29. The van der Waals surface area contributed by atoms with E-state index in [9.17, 15) is 22.0 Å². The number of rotatable bonds is 8. The van der Waals surface area contributed by atoms with Crippen LogP contribution in [-0.4, -0.2) is 25.5 Å². The molecule has 2 aromatic rings. The Morgan fingerprint density at radius 1 is 1.10 bits per heavy atom. The van der Waals surface area contributed by atoms with E-state index >= 15 is 0 Å². The van der Waals surface area contributed by atoms with Crippen LogP contribution in [0.15, 0.2) is 47.5 Å². The van der Waals surface area contributed by atoms with E-state index in [1.807, 2.05) is 0 Å². The number of nitrogens with one attached hydrogen (secondary N) is 1. The standard InChI is InChI=1S/C18H18F5N3O3.HI/c1-2-27-15-9-11(3-8-14(15)28-16(19)20)10-25-17(24)26-12-4-6-13(7-5-12)29-18(21,22)23;/h3-9,16H,2,10H2,1H3,(H3,24,25,26);1H. The Balaban J connectivity index is 0.00000450. The lowest BCUT2D eigenvalue weighted by molar-refractivity contribution is -0.274. The van der Waals surface area contributed by atoms with Gasteiger partial charge in [0.05, 0.1) is 13.2 Å². The highest BCUT2D eigenvalue weighted by Gasteiger charge is 2.30. The van der Waals surface area contributed by atoms with Crippen molar-refractivity contribution in [2.24, 2.45) is 10.7 Å². The summed E-state index contributed by atoms with van der Waals surface area (Å²) in [6.07, 6.45) is -4.77. The molecule has 2 aromatic carbocycles. The van der Waals surface area contributed by atoms with Crippen molar-refractivity contribution in [3.63, 3.8) is 0 Å². The number of ether oxygens (including phenoxy) is 3. The van der Waals surface area contributed by atoms with Gasteiger partial charge in [0.2, 0.25) is 0 Å². The zero-order chi connectivity index (χ0) is 21.4. The molecule has 0 aliphatic rings.